The first-order chi connectivity index (χ1) is 25.9. The Morgan fingerprint density at radius 1 is 0.453 bits per heavy atom. The number of hydrogen-bond acceptors (Lipinski definition) is 3. The van der Waals surface area contributed by atoms with Gasteiger partial charge in [0, 0.05) is 43.7 Å². The Labute approximate surface area is 307 Å². The molecule has 0 saturated heterocycles. The van der Waals surface area contributed by atoms with E-state index in [9.17, 15) is 0 Å². The van der Waals surface area contributed by atoms with Crippen LogP contribution >= 0.6 is 0 Å². The third-order valence-electron chi connectivity index (χ3n) is 11.5. The van der Waals surface area contributed by atoms with Gasteiger partial charge >= 0.3 is 0 Å². The highest BCUT2D eigenvalue weighted by Crippen LogP contribution is 2.50. The molecule has 53 heavy (non-hydrogen) atoms. The highest BCUT2D eigenvalue weighted by atomic mass is 16.3. The third-order valence-corrected chi connectivity index (χ3v) is 11.5. The number of nitrogens with zero attached hydrogens (tertiary/aromatic N) is 2. The van der Waals surface area contributed by atoms with E-state index in [2.05, 4.69) is 166 Å². The summed E-state index contributed by atoms with van der Waals surface area (Å²) in [7, 11) is 0. The van der Waals surface area contributed by atoms with Crippen molar-refractivity contribution < 1.29 is 4.42 Å². The summed E-state index contributed by atoms with van der Waals surface area (Å²) in [5.74, 6) is 0. The number of aromatic nitrogens is 2. The molecule has 0 radical (unpaired) electrons. The molecule has 0 amide bonds. The molecular formula is C50H34N2O. The van der Waals surface area contributed by atoms with Gasteiger partial charge in [-0.2, -0.15) is 0 Å². The lowest BCUT2D eigenvalue weighted by molar-refractivity contribution is 0.660. The van der Waals surface area contributed by atoms with Crippen molar-refractivity contribution >= 4 is 54.5 Å². The van der Waals surface area contributed by atoms with Crippen LogP contribution in [0.4, 0.5) is 0 Å². The van der Waals surface area contributed by atoms with Gasteiger partial charge in [-0.05, 0) is 74.8 Å². The fourth-order valence-electron chi connectivity index (χ4n) is 9.00. The number of fused-ring (bicyclic) bond motifs is 12. The van der Waals surface area contributed by atoms with Gasteiger partial charge in [-0.15, -0.1) is 0 Å². The second kappa shape index (κ2) is 11.0. The van der Waals surface area contributed by atoms with Crippen LogP contribution in [0.15, 0.2) is 156 Å². The summed E-state index contributed by atoms with van der Waals surface area (Å²) in [5, 5.41) is 6.85. The number of rotatable bonds is 3. The van der Waals surface area contributed by atoms with Crippen molar-refractivity contribution in [2.45, 2.75) is 26.2 Å². The average molecular weight is 679 g/mol. The molecule has 0 aliphatic heterocycles. The summed E-state index contributed by atoms with van der Waals surface area (Å²) in [6.07, 6.45) is 1.92. The zero-order chi connectivity index (χ0) is 35.4. The largest absolute Gasteiger partial charge is 0.455 e. The molecule has 1 aliphatic rings. The first-order valence-electron chi connectivity index (χ1n) is 18.3. The molecule has 0 unspecified atom stereocenters. The normalized spacial score (nSPS) is 13.3. The molecule has 1 aliphatic carbocycles. The van der Waals surface area contributed by atoms with E-state index in [4.69, 9.17) is 14.4 Å². The predicted molar refractivity (Wildman–Crippen MR) is 220 cm³/mol. The van der Waals surface area contributed by atoms with Gasteiger partial charge in [0.05, 0.1) is 22.9 Å². The van der Waals surface area contributed by atoms with E-state index >= 15 is 0 Å². The molecule has 10 aromatic rings. The summed E-state index contributed by atoms with van der Waals surface area (Å²) >= 11 is 0. The number of hydrogen-bond donors (Lipinski definition) is 0. The molecule has 0 saturated carbocycles. The van der Waals surface area contributed by atoms with Crippen LogP contribution in [-0.2, 0) is 5.41 Å². The summed E-state index contributed by atoms with van der Waals surface area (Å²) in [5.41, 5.74) is 16.4. The quantitative estimate of drug-likeness (QED) is 0.175. The van der Waals surface area contributed by atoms with Crippen LogP contribution in [0.3, 0.4) is 0 Å². The minimum Gasteiger partial charge on any atom is -0.455 e. The minimum absolute atomic E-state index is 0.0734. The van der Waals surface area contributed by atoms with Gasteiger partial charge < -0.3 is 4.42 Å². The van der Waals surface area contributed by atoms with E-state index in [0.29, 0.717) is 0 Å². The molecule has 0 N–H and O–H groups in total. The standard InChI is InChI=1S/C50H34N2O/c1-29-24-31(26-32(25-29)45-28-51-46-39-15-6-4-12-35(39)36-13-5-7-16-40(36)47(46)52-45)34-18-11-20-42-41-19-10-17-33(48(41)53-49(34)42)30-22-23-38-37-14-8-9-21-43(37)50(2,3)44(38)27-30/h4-28H,1-3H3. The van der Waals surface area contributed by atoms with Gasteiger partial charge in [0.1, 0.15) is 11.2 Å². The van der Waals surface area contributed by atoms with Crippen LogP contribution in [0.2, 0.25) is 0 Å². The zero-order valence-electron chi connectivity index (χ0n) is 29.7. The van der Waals surface area contributed by atoms with Gasteiger partial charge in [0.25, 0.3) is 0 Å². The Bertz CT molecular complexity index is 3130. The third kappa shape index (κ3) is 4.34. The van der Waals surface area contributed by atoms with Gasteiger partial charge in [-0.25, -0.2) is 4.98 Å². The van der Waals surface area contributed by atoms with E-state index in [0.717, 1.165) is 77.3 Å². The molecular weight excluding hydrogens is 645 g/mol. The number of aryl methyl sites for hydroxylation is 1. The lowest BCUT2D eigenvalue weighted by Gasteiger charge is -2.22. The fourth-order valence-corrected chi connectivity index (χ4v) is 9.00. The van der Waals surface area contributed by atoms with E-state index in [1.54, 1.807) is 0 Å². The van der Waals surface area contributed by atoms with Crippen molar-refractivity contribution in [3.8, 4) is 44.6 Å². The molecule has 0 spiro atoms. The zero-order valence-corrected chi connectivity index (χ0v) is 29.7. The molecule has 0 bridgehead atoms. The van der Waals surface area contributed by atoms with Crippen LogP contribution in [0.25, 0.3) is 99.2 Å². The second-order valence-corrected chi connectivity index (χ2v) is 15.0. The maximum absolute atomic E-state index is 6.96. The maximum Gasteiger partial charge on any atom is 0.143 e. The fraction of sp³-hybridized carbons (Fsp3) is 0.0800. The van der Waals surface area contributed by atoms with Crippen LogP contribution < -0.4 is 0 Å². The topological polar surface area (TPSA) is 38.9 Å². The van der Waals surface area contributed by atoms with Gasteiger partial charge in [-0.3, -0.25) is 4.98 Å². The monoisotopic (exact) mass is 678 g/mol. The first-order valence-corrected chi connectivity index (χ1v) is 18.3. The number of furan rings is 1. The molecule has 11 rings (SSSR count). The van der Waals surface area contributed by atoms with Crippen molar-refractivity contribution in [3.05, 3.63) is 168 Å². The molecule has 2 aromatic heterocycles. The Kier molecular flexibility index (Phi) is 6.22. The molecule has 0 fully saturated rings. The summed E-state index contributed by atoms with van der Waals surface area (Å²) in [6.45, 7) is 6.81. The van der Waals surface area contributed by atoms with Gasteiger partial charge in [0.2, 0.25) is 0 Å². The lowest BCUT2D eigenvalue weighted by atomic mass is 9.81. The second-order valence-electron chi connectivity index (χ2n) is 15.0. The highest BCUT2D eigenvalue weighted by Gasteiger charge is 2.35. The van der Waals surface area contributed by atoms with E-state index in [1.165, 1.54) is 38.6 Å². The van der Waals surface area contributed by atoms with E-state index in [1.807, 2.05) is 6.20 Å². The lowest BCUT2D eigenvalue weighted by Crippen LogP contribution is -2.14. The molecule has 3 nitrogen and oxygen atoms in total. The Morgan fingerprint density at radius 2 is 1.02 bits per heavy atom. The van der Waals surface area contributed by atoms with Crippen molar-refractivity contribution in [1.82, 2.24) is 9.97 Å². The molecule has 3 heteroatoms. The van der Waals surface area contributed by atoms with E-state index < -0.39 is 0 Å². The first kappa shape index (κ1) is 30.1. The van der Waals surface area contributed by atoms with E-state index in [-0.39, 0.29) is 5.41 Å². The summed E-state index contributed by atoms with van der Waals surface area (Å²) in [4.78, 5) is 10.4. The maximum atomic E-state index is 6.96. The number of para-hydroxylation sites is 2. The molecule has 8 aromatic carbocycles. The van der Waals surface area contributed by atoms with Crippen LogP contribution in [-0.4, -0.2) is 9.97 Å². The summed E-state index contributed by atoms with van der Waals surface area (Å²) in [6, 6.07) is 52.4. The number of benzene rings is 8. The summed E-state index contributed by atoms with van der Waals surface area (Å²) < 4.78 is 6.96. The molecule has 0 atom stereocenters. The Balaban J connectivity index is 1.06. The van der Waals surface area contributed by atoms with Crippen LogP contribution in [0.1, 0.15) is 30.5 Å². The van der Waals surface area contributed by atoms with Crippen LogP contribution in [0.5, 0.6) is 0 Å². The van der Waals surface area contributed by atoms with Crippen LogP contribution in [0, 0.1) is 6.92 Å². The predicted octanol–water partition coefficient (Wildman–Crippen LogP) is 13.5. The van der Waals surface area contributed by atoms with Crippen molar-refractivity contribution in [3.63, 3.8) is 0 Å². The minimum atomic E-state index is -0.0734. The Hall–Kier alpha value is -6.58. The Morgan fingerprint density at radius 3 is 1.75 bits per heavy atom. The average Bonchev–Trinajstić information content (AvgIpc) is 3.69. The molecule has 250 valence electrons. The van der Waals surface area contributed by atoms with Gasteiger partial charge in [0.15, 0.2) is 0 Å². The highest BCUT2D eigenvalue weighted by molar-refractivity contribution is 6.23. The SMILES string of the molecule is Cc1cc(-c2cnc3c4ccccc4c4ccccc4c3n2)cc(-c2cccc3c2oc2c(-c4ccc5c(c4)C(C)(C)c4ccccc4-5)cccc23)c1. The van der Waals surface area contributed by atoms with Crippen molar-refractivity contribution in [2.24, 2.45) is 0 Å². The van der Waals surface area contributed by atoms with Crippen molar-refractivity contribution in [2.75, 3.05) is 0 Å². The smallest absolute Gasteiger partial charge is 0.143 e. The molecule has 2 heterocycles. The van der Waals surface area contributed by atoms with Crippen molar-refractivity contribution in [1.29, 1.82) is 0 Å². The van der Waals surface area contributed by atoms with Gasteiger partial charge in [-0.1, -0.05) is 141 Å².